The van der Waals surface area contributed by atoms with Gasteiger partial charge in [-0.05, 0) is 18.2 Å². The molecule has 1 saturated heterocycles. The molecule has 0 radical (unpaired) electrons. The number of halogens is 5. The van der Waals surface area contributed by atoms with Crippen LogP contribution < -0.4 is 4.90 Å². The minimum absolute atomic E-state index is 0.123. The number of anilines is 1. The van der Waals surface area contributed by atoms with Gasteiger partial charge in [-0.25, -0.2) is 0 Å². The lowest BCUT2D eigenvalue weighted by Crippen LogP contribution is -2.27. The van der Waals surface area contributed by atoms with Crippen LogP contribution in [0.1, 0.15) is 12.0 Å². The van der Waals surface area contributed by atoms with Gasteiger partial charge in [-0.2, -0.15) is 21.6 Å². The number of hydrogen-bond acceptors (Lipinski definition) is 3. The maximum atomic E-state index is 12.9. The number of hydrogen-bond donors (Lipinski definition) is 0. The molecular weight excluding hydrogens is 382 g/mol. The van der Waals surface area contributed by atoms with Gasteiger partial charge in [0.2, 0.25) is 5.91 Å². The Kier molecular flexibility index (Phi) is 4.04. The number of nitrogens with zero attached hydrogens (tertiary/aromatic N) is 1. The van der Waals surface area contributed by atoms with Crippen LogP contribution in [0.3, 0.4) is 0 Å². The summed E-state index contributed by atoms with van der Waals surface area (Å²) in [5.74, 6) is -0.739. The number of amides is 1. The fraction of sp³-hybridized carbons (Fsp3) is 0.364. The molecule has 1 unspecified atom stereocenters. The van der Waals surface area contributed by atoms with E-state index in [1.807, 2.05) is 0 Å². The zero-order valence-corrected chi connectivity index (χ0v) is 12.6. The molecule has 1 amide bonds. The van der Waals surface area contributed by atoms with Gasteiger partial charge in [0.1, 0.15) is 5.25 Å². The van der Waals surface area contributed by atoms with Crippen LogP contribution in [0.4, 0.5) is 22.7 Å². The highest BCUT2D eigenvalue weighted by atomic mass is 79.9. The largest absolute Gasteiger partial charge is 0.417 e. The Bertz CT molecular complexity index is 689. The van der Waals surface area contributed by atoms with E-state index < -0.39 is 46.1 Å². The molecule has 1 fully saturated rings. The summed E-state index contributed by atoms with van der Waals surface area (Å²) in [6, 6.07) is 3.04. The Morgan fingerprint density at radius 3 is 2.38 bits per heavy atom. The summed E-state index contributed by atoms with van der Waals surface area (Å²) in [7, 11) is -4.92. The number of benzene rings is 1. The van der Waals surface area contributed by atoms with Gasteiger partial charge in [-0.1, -0.05) is 15.9 Å². The van der Waals surface area contributed by atoms with Crippen molar-refractivity contribution in [1.82, 2.24) is 0 Å². The first-order chi connectivity index (χ1) is 9.50. The van der Waals surface area contributed by atoms with E-state index in [9.17, 15) is 30.3 Å². The Hall–Kier alpha value is -1.16. The van der Waals surface area contributed by atoms with Crippen LogP contribution in [0.15, 0.2) is 22.7 Å². The topological polar surface area (TPSA) is 54.5 Å². The normalized spacial score (nSPS) is 20.1. The van der Waals surface area contributed by atoms with E-state index in [2.05, 4.69) is 15.9 Å². The van der Waals surface area contributed by atoms with Crippen molar-refractivity contribution < 1.29 is 30.3 Å². The summed E-state index contributed by atoms with van der Waals surface area (Å²) >= 11 is 2.75. The van der Waals surface area contributed by atoms with Crippen molar-refractivity contribution in [3.05, 3.63) is 28.2 Å². The third kappa shape index (κ3) is 3.37. The zero-order valence-electron chi connectivity index (χ0n) is 10.2. The van der Waals surface area contributed by atoms with Crippen molar-refractivity contribution in [1.29, 1.82) is 0 Å². The van der Waals surface area contributed by atoms with Gasteiger partial charge in [0.25, 0.3) is 0 Å². The molecule has 1 atom stereocenters. The molecule has 4 nitrogen and oxygen atoms in total. The predicted molar refractivity (Wildman–Crippen MR) is 69.9 cm³/mol. The van der Waals surface area contributed by atoms with Crippen LogP contribution in [-0.2, 0) is 21.2 Å². The van der Waals surface area contributed by atoms with Crippen molar-refractivity contribution >= 4 is 37.7 Å². The Balaban J connectivity index is 2.38. The molecule has 1 aliphatic heterocycles. The van der Waals surface area contributed by atoms with E-state index in [-0.39, 0.29) is 10.2 Å². The standard InChI is InChI=1S/C11H8BrF4NO3S/c12-9-2-1-6(3-8(9)11(13,14)15)17-5-7(4-10(17)18)21(16,19)20/h1-3,7H,4-5H2. The lowest BCUT2D eigenvalue weighted by molar-refractivity contribution is -0.138. The summed E-state index contributed by atoms with van der Waals surface area (Å²) in [6.07, 6.45) is -5.22. The van der Waals surface area contributed by atoms with Crippen molar-refractivity contribution in [2.45, 2.75) is 17.8 Å². The highest BCUT2D eigenvalue weighted by Gasteiger charge is 2.40. The van der Waals surface area contributed by atoms with E-state index in [4.69, 9.17) is 0 Å². The molecule has 0 saturated carbocycles. The maximum Gasteiger partial charge on any atom is 0.417 e. The van der Waals surface area contributed by atoms with Gasteiger partial charge >= 0.3 is 16.4 Å². The van der Waals surface area contributed by atoms with E-state index >= 15 is 0 Å². The van der Waals surface area contributed by atoms with Crippen LogP contribution in [0.5, 0.6) is 0 Å². The number of rotatable bonds is 2. The van der Waals surface area contributed by atoms with Gasteiger partial charge in [0, 0.05) is 23.1 Å². The van der Waals surface area contributed by atoms with Crippen molar-refractivity contribution in [2.75, 3.05) is 11.4 Å². The zero-order chi connectivity index (χ0) is 16.0. The second kappa shape index (κ2) is 5.24. The van der Waals surface area contributed by atoms with Crippen molar-refractivity contribution in [3.8, 4) is 0 Å². The lowest BCUT2D eigenvalue weighted by Gasteiger charge is -2.18. The highest BCUT2D eigenvalue weighted by Crippen LogP contribution is 2.38. The second-order valence-corrected chi connectivity index (χ2v) is 6.94. The fourth-order valence-electron chi connectivity index (χ4n) is 2.01. The molecule has 0 spiro atoms. The quantitative estimate of drug-likeness (QED) is 0.577. The molecular formula is C11H8BrF4NO3S. The summed E-state index contributed by atoms with van der Waals surface area (Å²) in [5.41, 5.74) is -1.12. The first-order valence-corrected chi connectivity index (χ1v) is 7.84. The molecule has 2 rings (SSSR count). The predicted octanol–water partition coefficient (Wildman–Crippen LogP) is 2.87. The van der Waals surface area contributed by atoms with Gasteiger partial charge in [-0.15, -0.1) is 3.89 Å². The number of alkyl halides is 3. The molecule has 1 aromatic rings. The third-order valence-electron chi connectivity index (χ3n) is 3.05. The van der Waals surface area contributed by atoms with Crippen molar-refractivity contribution in [3.63, 3.8) is 0 Å². The van der Waals surface area contributed by atoms with Crippen LogP contribution in [0, 0.1) is 0 Å². The fourth-order valence-corrected chi connectivity index (χ4v) is 3.15. The summed E-state index contributed by atoms with van der Waals surface area (Å²) in [5, 5.41) is -1.55. The van der Waals surface area contributed by atoms with Gasteiger partial charge in [0.05, 0.1) is 5.56 Å². The minimum Gasteiger partial charge on any atom is -0.311 e. The van der Waals surface area contributed by atoms with Crippen LogP contribution in [0.2, 0.25) is 0 Å². The monoisotopic (exact) mass is 389 g/mol. The summed E-state index contributed by atoms with van der Waals surface area (Å²) in [4.78, 5) is 12.5. The Morgan fingerprint density at radius 2 is 1.90 bits per heavy atom. The Labute approximate surface area is 126 Å². The number of carbonyl (C=O) groups is 1. The average molecular weight is 390 g/mol. The molecule has 0 aliphatic carbocycles. The molecule has 21 heavy (non-hydrogen) atoms. The van der Waals surface area contributed by atoms with Crippen LogP contribution >= 0.6 is 15.9 Å². The SMILES string of the molecule is O=C1CC(S(=O)(=O)F)CN1c1ccc(Br)c(C(F)(F)F)c1. The first-order valence-electron chi connectivity index (χ1n) is 5.60. The molecule has 10 heteroatoms. The summed E-state index contributed by atoms with van der Waals surface area (Å²) in [6.45, 7) is -0.503. The maximum absolute atomic E-state index is 12.9. The second-order valence-electron chi connectivity index (χ2n) is 4.47. The van der Waals surface area contributed by atoms with E-state index in [1.54, 1.807) is 0 Å². The van der Waals surface area contributed by atoms with E-state index in [1.165, 1.54) is 6.07 Å². The Morgan fingerprint density at radius 1 is 1.29 bits per heavy atom. The smallest absolute Gasteiger partial charge is 0.311 e. The molecule has 0 aromatic heterocycles. The molecule has 1 heterocycles. The van der Waals surface area contributed by atoms with Gasteiger partial charge in [0.15, 0.2) is 0 Å². The van der Waals surface area contributed by atoms with E-state index in [0.717, 1.165) is 17.0 Å². The average Bonchev–Trinajstić information content (AvgIpc) is 2.70. The lowest BCUT2D eigenvalue weighted by atomic mass is 10.2. The molecule has 1 aromatic carbocycles. The minimum atomic E-state index is -4.92. The van der Waals surface area contributed by atoms with Crippen LogP contribution in [-0.4, -0.2) is 26.1 Å². The highest BCUT2D eigenvalue weighted by molar-refractivity contribution is 9.10. The molecule has 1 aliphatic rings. The summed E-state index contributed by atoms with van der Waals surface area (Å²) < 4.78 is 72.7. The van der Waals surface area contributed by atoms with Gasteiger partial charge in [-0.3, -0.25) is 4.79 Å². The third-order valence-corrected chi connectivity index (χ3v) is 4.86. The molecule has 0 N–H and O–H groups in total. The van der Waals surface area contributed by atoms with Crippen LogP contribution in [0.25, 0.3) is 0 Å². The molecule has 0 bridgehead atoms. The van der Waals surface area contributed by atoms with Crippen molar-refractivity contribution in [2.24, 2.45) is 0 Å². The first kappa shape index (κ1) is 16.2. The van der Waals surface area contributed by atoms with Gasteiger partial charge < -0.3 is 4.90 Å². The molecule has 116 valence electrons. The number of carbonyl (C=O) groups excluding carboxylic acids is 1. The van der Waals surface area contributed by atoms with E-state index in [0.29, 0.717) is 0 Å².